The van der Waals surface area contributed by atoms with E-state index in [4.69, 9.17) is 26.8 Å². The lowest BCUT2D eigenvalue weighted by Gasteiger charge is -2.20. The number of hydrogen-bond acceptors (Lipinski definition) is 4. The summed E-state index contributed by atoms with van der Waals surface area (Å²) < 4.78 is 10.5. The summed E-state index contributed by atoms with van der Waals surface area (Å²) in [5.41, 5.74) is 6.72. The first-order chi connectivity index (χ1) is 9.69. The van der Waals surface area contributed by atoms with Crippen LogP contribution in [0.1, 0.15) is 24.9 Å². The van der Waals surface area contributed by atoms with E-state index in [9.17, 15) is 0 Å². The monoisotopic (exact) mass is 296 g/mol. The van der Waals surface area contributed by atoms with Crippen LogP contribution < -0.4 is 20.5 Å². The largest absolute Gasteiger partial charge is 0.493 e. The van der Waals surface area contributed by atoms with Gasteiger partial charge in [-0.2, -0.15) is 0 Å². The zero-order valence-electron chi connectivity index (χ0n) is 12.1. The van der Waals surface area contributed by atoms with Gasteiger partial charge in [-0.1, -0.05) is 17.7 Å². The minimum Gasteiger partial charge on any atom is -0.493 e. The second-order valence-corrected chi connectivity index (χ2v) is 4.50. The van der Waals surface area contributed by atoms with Crippen molar-refractivity contribution in [3.63, 3.8) is 0 Å². The van der Waals surface area contributed by atoms with Crippen LogP contribution in [0.2, 0.25) is 5.02 Å². The van der Waals surface area contributed by atoms with E-state index in [-0.39, 0.29) is 6.04 Å². The molecule has 0 aliphatic rings. The van der Waals surface area contributed by atoms with Crippen molar-refractivity contribution >= 4 is 11.6 Å². The normalized spacial score (nSPS) is 11.4. The Morgan fingerprint density at radius 1 is 1.35 bits per heavy atom. The Morgan fingerprint density at radius 2 is 2.10 bits per heavy atom. The van der Waals surface area contributed by atoms with E-state index in [0.29, 0.717) is 23.1 Å². The molecule has 0 spiro atoms. The van der Waals surface area contributed by atoms with Crippen LogP contribution in [0.25, 0.3) is 0 Å². The Balaban J connectivity index is 2.94. The molecule has 0 aromatic heterocycles. The molecule has 4 nitrogen and oxygen atoms in total. The van der Waals surface area contributed by atoms with E-state index in [1.54, 1.807) is 14.2 Å². The maximum Gasteiger partial charge on any atom is 0.179 e. The van der Waals surface area contributed by atoms with E-state index in [1.807, 2.05) is 19.1 Å². The first-order valence-electron chi connectivity index (χ1n) is 6.43. The van der Waals surface area contributed by atoms with Crippen molar-refractivity contribution in [1.82, 2.24) is 5.32 Å². The third-order valence-electron chi connectivity index (χ3n) is 2.94. The van der Waals surface area contributed by atoms with E-state index >= 15 is 0 Å². The van der Waals surface area contributed by atoms with E-state index in [1.165, 1.54) is 0 Å². The molecule has 1 aromatic rings. The number of ether oxygens (including phenoxy) is 2. The van der Waals surface area contributed by atoms with E-state index < -0.39 is 0 Å². The van der Waals surface area contributed by atoms with Crippen LogP contribution in [0, 0.1) is 11.8 Å². The first-order valence-corrected chi connectivity index (χ1v) is 6.80. The standard InChI is InChI=1S/C15H21ClN2O2/c1-4-5-6-9-18-12(10-17)11-7-8-13(19-2)15(20-3)14(11)16/h7-8,12,18H,6,9-10,17H2,1-3H3. The van der Waals surface area contributed by atoms with Gasteiger partial charge in [-0.25, -0.2) is 0 Å². The van der Waals surface area contributed by atoms with Gasteiger partial charge < -0.3 is 20.5 Å². The highest BCUT2D eigenvalue weighted by atomic mass is 35.5. The van der Waals surface area contributed by atoms with Gasteiger partial charge in [0.1, 0.15) is 0 Å². The Labute approximate surface area is 125 Å². The van der Waals surface area contributed by atoms with Gasteiger partial charge in [-0.05, 0) is 18.6 Å². The van der Waals surface area contributed by atoms with E-state index in [0.717, 1.165) is 18.5 Å². The summed E-state index contributed by atoms with van der Waals surface area (Å²) in [7, 11) is 3.14. The number of hydrogen-bond donors (Lipinski definition) is 2. The molecule has 20 heavy (non-hydrogen) atoms. The molecule has 3 N–H and O–H groups in total. The number of methoxy groups -OCH3 is 2. The second-order valence-electron chi connectivity index (χ2n) is 4.12. The molecule has 1 atom stereocenters. The van der Waals surface area contributed by atoms with Gasteiger partial charge in [-0.15, -0.1) is 11.8 Å². The predicted octanol–water partition coefficient (Wildman–Crippen LogP) is 2.36. The zero-order chi connectivity index (χ0) is 15.0. The molecule has 110 valence electrons. The smallest absolute Gasteiger partial charge is 0.179 e. The third-order valence-corrected chi connectivity index (χ3v) is 3.33. The highest BCUT2D eigenvalue weighted by Crippen LogP contribution is 2.39. The lowest BCUT2D eigenvalue weighted by Crippen LogP contribution is -2.29. The van der Waals surface area contributed by atoms with Crippen LogP contribution >= 0.6 is 11.6 Å². The Kier molecular flexibility index (Phi) is 7.24. The maximum atomic E-state index is 6.38. The summed E-state index contributed by atoms with van der Waals surface area (Å²) >= 11 is 6.38. The molecular weight excluding hydrogens is 276 g/mol. The van der Waals surface area contributed by atoms with Crippen molar-refractivity contribution in [1.29, 1.82) is 0 Å². The average molecular weight is 297 g/mol. The fraction of sp³-hybridized carbons (Fsp3) is 0.467. The highest BCUT2D eigenvalue weighted by Gasteiger charge is 2.18. The molecule has 1 aromatic carbocycles. The molecule has 0 fully saturated rings. The summed E-state index contributed by atoms with van der Waals surface area (Å²) in [5.74, 6) is 7.00. The Morgan fingerprint density at radius 3 is 2.65 bits per heavy atom. The molecule has 1 rings (SSSR count). The lowest BCUT2D eigenvalue weighted by atomic mass is 10.1. The fourth-order valence-corrected chi connectivity index (χ4v) is 2.29. The molecule has 0 aliphatic heterocycles. The number of nitrogens with one attached hydrogen (secondary N) is 1. The quantitative estimate of drug-likeness (QED) is 0.599. The average Bonchev–Trinajstić information content (AvgIpc) is 2.47. The van der Waals surface area contributed by atoms with Crippen molar-refractivity contribution in [3.8, 4) is 23.3 Å². The van der Waals surface area contributed by atoms with Gasteiger partial charge in [0, 0.05) is 25.6 Å². The van der Waals surface area contributed by atoms with Crippen LogP contribution in [0.4, 0.5) is 0 Å². The van der Waals surface area contributed by atoms with Gasteiger partial charge in [0.2, 0.25) is 0 Å². The van der Waals surface area contributed by atoms with Crippen molar-refractivity contribution in [2.75, 3.05) is 27.3 Å². The van der Waals surface area contributed by atoms with Gasteiger partial charge in [-0.3, -0.25) is 0 Å². The van der Waals surface area contributed by atoms with Crippen molar-refractivity contribution in [2.45, 2.75) is 19.4 Å². The summed E-state index contributed by atoms with van der Waals surface area (Å²) in [6.45, 7) is 3.02. The highest BCUT2D eigenvalue weighted by molar-refractivity contribution is 6.33. The Bertz CT molecular complexity index is 495. The number of nitrogens with two attached hydrogens (primary N) is 1. The third kappa shape index (κ3) is 4.04. The van der Waals surface area contributed by atoms with E-state index in [2.05, 4.69) is 17.2 Å². The van der Waals surface area contributed by atoms with Gasteiger partial charge in [0.05, 0.1) is 19.2 Å². The summed E-state index contributed by atoms with van der Waals surface area (Å²) in [6.07, 6.45) is 0.776. The summed E-state index contributed by atoms with van der Waals surface area (Å²) in [6, 6.07) is 3.69. The van der Waals surface area contributed by atoms with Crippen LogP contribution in [0.5, 0.6) is 11.5 Å². The molecule has 1 unspecified atom stereocenters. The Hall–Kier alpha value is -1.41. The molecule has 0 aliphatic carbocycles. The van der Waals surface area contributed by atoms with Crippen LogP contribution in [0.15, 0.2) is 12.1 Å². The van der Waals surface area contributed by atoms with Gasteiger partial charge in [0.15, 0.2) is 11.5 Å². The number of halogens is 1. The molecule has 0 saturated heterocycles. The second kappa shape index (κ2) is 8.70. The number of benzene rings is 1. The summed E-state index contributed by atoms with van der Waals surface area (Å²) in [4.78, 5) is 0. The fourth-order valence-electron chi connectivity index (χ4n) is 1.93. The topological polar surface area (TPSA) is 56.5 Å². The molecule has 0 bridgehead atoms. The molecule has 0 radical (unpaired) electrons. The SMILES string of the molecule is CC#CCCNC(CN)c1ccc(OC)c(OC)c1Cl. The molecular formula is C15H21ClN2O2. The van der Waals surface area contributed by atoms with Crippen LogP contribution in [-0.2, 0) is 0 Å². The molecule has 0 heterocycles. The zero-order valence-corrected chi connectivity index (χ0v) is 12.9. The molecule has 0 amide bonds. The molecule has 0 saturated carbocycles. The molecule has 5 heteroatoms. The number of rotatable bonds is 7. The minimum atomic E-state index is -0.0408. The van der Waals surface area contributed by atoms with Crippen LogP contribution in [0.3, 0.4) is 0 Å². The predicted molar refractivity (Wildman–Crippen MR) is 82.4 cm³/mol. The van der Waals surface area contributed by atoms with Crippen molar-refractivity contribution < 1.29 is 9.47 Å². The first kappa shape index (κ1) is 16.6. The summed E-state index contributed by atoms with van der Waals surface area (Å²) in [5, 5.41) is 3.87. The van der Waals surface area contributed by atoms with Gasteiger partial charge in [0.25, 0.3) is 0 Å². The van der Waals surface area contributed by atoms with Gasteiger partial charge >= 0.3 is 0 Å². The minimum absolute atomic E-state index is 0.0408. The van der Waals surface area contributed by atoms with Crippen molar-refractivity contribution in [3.05, 3.63) is 22.7 Å². The van der Waals surface area contributed by atoms with Crippen LogP contribution in [-0.4, -0.2) is 27.3 Å². The lowest BCUT2D eigenvalue weighted by molar-refractivity contribution is 0.354. The van der Waals surface area contributed by atoms with Crippen molar-refractivity contribution in [2.24, 2.45) is 5.73 Å². The maximum absolute atomic E-state index is 6.38.